The molecule has 0 saturated heterocycles. The molecule has 9 heteroatoms. The van der Waals surface area contributed by atoms with Crippen LogP contribution in [0.2, 0.25) is 0 Å². The van der Waals surface area contributed by atoms with Gasteiger partial charge in [-0.25, -0.2) is 0 Å². The lowest BCUT2D eigenvalue weighted by molar-refractivity contribution is -0.384. The van der Waals surface area contributed by atoms with Gasteiger partial charge in [0.25, 0.3) is 11.6 Å². The van der Waals surface area contributed by atoms with Gasteiger partial charge < -0.3 is 5.32 Å². The van der Waals surface area contributed by atoms with Crippen LogP contribution in [0.1, 0.15) is 10.4 Å². The lowest BCUT2D eigenvalue weighted by atomic mass is 10.2. The SMILES string of the molecule is O=C(NCC(F)(F)F)c1ccc([N+](=O)[O-])cc1Br. The highest BCUT2D eigenvalue weighted by Gasteiger charge is 2.28. The van der Waals surface area contributed by atoms with Gasteiger partial charge in [-0.3, -0.25) is 14.9 Å². The van der Waals surface area contributed by atoms with E-state index in [-0.39, 0.29) is 15.7 Å². The fourth-order valence-corrected chi connectivity index (χ4v) is 1.62. The molecule has 98 valence electrons. The zero-order valence-electron chi connectivity index (χ0n) is 8.62. The Morgan fingerprint density at radius 2 is 2.06 bits per heavy atom. The molecule has 18 heavy (non-hydrogen) atoms. The number of benzene rings is 1. The second-order valence-electron chi connectivity index (χ2n) is 3.22. The predicted molar refractivity (Wildman–Crippen MR) is 59.2 cm³/mol. The van der Waals surface area contributed by atoms with Crippen LogP contribution in [-0.4, -0.2) is 23.6 Å². The van der Waals surface area contributed by atoms with Crippen LogP contribution in [-0.2, 0) is 0 Å². The number of nitrogens with zero attached hydrogens (tertiary/aromatic N) is 1. The number of hydrogen-bond acceptors (Lipinski definition) is 3. The summed E-state index contributed by atoms with van der Waals surface area (Å²) in [7, 11) is 0. The molecule has 0 bridgehead atoms. The number of nitrogens with one attached hydrogen (secondary N) is 1. The molecular formula is C9H6BrF3N2O3. The van der Waals surface area contributed by atoms with Crippen molar-refractivity contribution in [3.63, 3.8) is 0 Å². The van der Waals surface area contributed by atoms with Crippen molar-refractivity contribution in [1.82, 2.24) is 5.32 Å². The Labute approximate surface area is 107 Å². The molecule has 0 heterocycles. The second-order valence-corrected chi connectivity index (χ2v) is 4.07. The second kappa shape index (κ2) is 5.34. The van der Waals surface area contributed by atoms with Crippen molar-refractivity contribution in [3.8, 4) is 0 Å². The average Bonchev–Trinajstić information content (AvgIpc) is 2.24. The smallest absolute Gasteiger partial charge is 0.343 e. The number of hydrogen-bond donors (Lipinski definition) is 1. The van der Waals surface area contributed by atoms with Gasteiger partial charge in [0.05, 0.1) is 10.5 Å². The summed E-state index contributed by atoms with van der Waals surface area (Å²) in [5.41, 5.74) is -0.376. The van der Waals surface area contributed by atoms with Gasteiger partial charge in [-0.15, -0.1) is 0 Å². The van der Waals surface area contributed by atoms with Crippen molar-refractivity contribution in [2.75, 3.05) is 6.54 Å². The number of amides is 1. The van der Waals surface area contributed by atoms with Crippen LogP contribution in [0.5, 0.6) is 0 Å². The predicted octanol–water partition coefficient (Wildman–Crippen LogP) is 2.65. The van der Waals surface area contributed by atoms with Crippen LogP contribution in [0.15, 0.2) is 22.7 Å². The molecule has 0 unspecified atom stereocenters. The molecule has 0 radical (unpaired) electrons. The van der Waals surface area contributed by atoms with Gasteiger partial charge in [0.15, 0.2) is 0 Å². The standard InChI is InChI=1S/C9H6BrF3N2O3/c10-7-3-5(15(17)18)1-2-6(7)8(16)14-4-9(11,12)13/h1-3H,4H2,(H,14,16). The Hall–Kier alpha value is -1.64. The quantitative estimate of drug-likeness (QED) is 0.685. The number of carbonyl (C=O) groups excluding carboxylic acids is 1. The van der Waals surface area contributed by atoms with Crippen LogP contribution in [0, 0.1) is 10.1 Å². The first-order valence-electron chi connectivity index (χ1n) is 4.49. The third kappa shape index (κ3) is 3.99. The summed E-state index contributed by atoms with van der Waals surface area (Å²) < 4.78 is 35.7. The van der Waals surface area contributed by atoms with Crippen molar-refractivity contribution >= 4 is 27.5 Å². The van der Waals surface area contributed by atoms with Gasteiger partial charge in [0, 0.05) is 16.6 Å². The molecule has 1 aromatic rings. The summed E-state index contributed by atoms with van der Waals surface area (Å²) in [5.74, 6) is -0.964. The number of nitro groups is 1. The van der Waals surface area contributed by atoms with Gasteiger partial charge in [0.1, 0.15) is 6.54 Å². The summed E-state index contributed by atoms with van der Waals surface area (Å²) in [6.07, 6.45) is -4.51. The summed E-state index contributed by atoms with van der Waals surface area (Å²) >= 11 is 2.89. The van der Waals surface area contributed by atoms with Gasteiger partial charge in [-0.1, -0.05) is 0 Å². The van der Waals surface area contributed by atoms with Crippen molar-refractivity contribution in [1.29, 1.82) is 0 Å². The molecule has 1 amide bonds. The first-order valence-corrected chi connectivity index (χ1v) is 5.29. The largest absolute Gasteiger partial charge is 0.405 e. The first kappa shape index (κ1) is 14.4. The van der Waals surface area contributed by atoms with Crippen molar-refractivity contribution in [3.05, 3.63) is 38.3 Å². The van der Waals surface area contributed by atoms with E-state index in [1.54, 1.807) is 5.32 Å². The Bertz CT molecular complexity index is 490. The highest BCUT2D eigenvalue weighted by Crippen LogP contribution is 2.23. The zero-order chi connectivity index (χ0) is 13.9. The summed E-state index contributed by atoms with van der Waals surface area (Å²) in [4.78, 5) is 21.1. The number of carbonyl (C=O) groups is 1. The van der Waals surface area contributed by atoms with Crippen molar-refractivity contribution < 1.29 is 22.9 Å². The van der Waals surface area contributed by atoms with Crippen LogP contribution in [0.25, 0.3) is 0 Å². The van der Waals surface area contributed by atoms with E-state index in [1.807, 2.05) is 0 Å². The molecule has 0 aromatic heterocycles. The molecule has 1 rings (SSSR count). The van der Waals surface area contributed by atoms with E-state index in [1.165, 1.54) is 0 Å². The number of alkyl halides is 3. The van der Waals surface area contributed by atoms with E-state index < -0.39 is 23.6 Å². The van der Waals surface area contributed by atoms with Gasteiger partial charge in [-0.05, 0) is 22.0 Å². The average molecular weight is 327 g/mol. The van der Waals surface area contributed by atoms with Crippen LogP contribution in [0.3, 0.4) is 0 Å². The fraction of sp³-hybridized carbons (Fsp3) is 0.222. The van der Waals surface area contributed by atoms with Crippen LogP contribution in [0.4, 0.5) is 18.9 Å². The Morgan fingerprint density at radius 1 is 1.44 bits per heavy atom. The van der Waals surface area contributed by atoms with Gasteiger partial charge in [0.2, 0.25) is 0 Å². The minimum Gasteiger partial charge on any atom is -0.343 e. The fourth-order valence-electron chi connectivity index (χ4n) is 1.08. The minimum absolute atomic E-state index is 0.0522. The highest BCUT2D eigenvalue weighted by molar-refractivity contribution is 9.10. The maximum Gasteiger partial charge on any atom is 0.405 e. The molecule has 0 aliphatic heterocycles. The molecule has 0 fully saturated rings. The minimum atomic E-state index is -4.51. The van der Waals surface area contributed by atoms with Crippen molar-refractivity contribution in [2.24, 2.45) is 0 Å². The van der Waals surface area contributed by atoms with E-state index >= 15 is 0 Å². The number of halogens is 4. The number of non-ortho nitro benzene ring substituents is 1. The molecule has 1 aromatic carbocycles. The molecule has 0 aliphatic rings. The number of rotatable bonds is 3. The lowest BCUT2D eigenvalue weighted by Gasteiger charge is -2.09. The molecule has 0 atom stereocenters. The van der Waals surface area contributed by atoms with Crippen LogP contribution < -0.4 is 5.32 Å². The van der Waals surface area contributed by atoms with Crippen LogP contribution >= 0.6 is 15.9 Å². The summed E-state index contributed by atoms with van der Waals surface area (Å²) in [6.45, 7) is -1.46. The summed E-state index contributed by atoms with van der Waals surface area (Å²) in [6, 6.07) is 3.16. The Morgan fingerprint density at radius 3 is 2.50 bits per heavy atom. The Kier molecular flexibility index (Phi) is 4.28. The molecule has 5 nitrogen and oxygen atoms in total. The third-order valence-corrected chi connectivity index (χ3v) is 2.51. The topological polar surface area (TPSA) is 72.2 Å². The molecule has 0 aliphatic carbocycles. The molecular weight excluding hydrogens is 321 g/mol. The van der Waals surface area contributed by atoms with Gasteiger partial charge in [-0.2, -0.15) is 13.2 Å². The third-order valence-electron chi connectivity index (χ3n) is 1.86. The van der Waals surface area contributed by atoms with E-state index in [0.717, 1.165) is 18.2 Å². The maximum atomic E-state index is 11.9. The zero-order valence-corrected chi connectivity index (χ0v) is 10.2. The van der Waals surface area contributed by atoms with Gasteiger partial charge >= 0.3 is 6.18 Å². The Balaban J connectivity index is 2.84. The monoisotopic (exact) mass is 326 g/mol. The first-order chi connectivity index (χ1) is 8.20. The highest BCUT2D eigenvalue weighted by atomic mass is 79.9. The molecule has 0 saturated carbocycles. The van der Waals surface area contributed by atoms with E-state index in [9.17, 15) is 28.1 Å². The lowest BCUT2D eigenvalue weighted by Crippen LogP contribution is -2.33. The molecule has 0 spiro atoms. The summed E-state index contributed by atoms with van der Waals surface area (Å²) in [5, 5.41) is 12.1. The number of nitro benzene ring substituents is 1. The van der Waals surface area contributed by atoms with Crippen molar-refractivity contribution in [2.45, 2.75) is 6.18 Å². The molecule has 1 N–H and O–H groups in total. The van der Waals surface area contributed by atoms with E-state index in [2.05, 4.69) is 15.9 Å². The van der Waals surface area contributed by atoms with E-state index in [4.69, 9.17) is 0 Å². The maximum absolute atomic E-state index is 11.9. The van der Waals surface area contributed by atoms with E-state index in [0.29, 0.717) is 0 Å². The normalized spacial score (nSPS) is 11.1.